The molecule has 2 heterocycles. The molecule has 1 saturated heterocycles. The molecule has 1 atom stereocenters. The predicted molar refractivity (Wildman–Crippen MR) is 68.0 cm³/mol. The number of aromatic nitrogens is 2. The van der Waals surface area contributed by atoms with Crippen LogP contribution in [0.2, 0.25) is 0 Å². The maximum atomic E-state index is 9.59. The molecule has 0 bridgehead atoms. The van der Waals surface area contributed by atoms with Crippen LogP contribution in [0.1, 0.15) is 19.3 Å². The molecule has 90 valence electrons. The van der Waals surface area contributed by atoms with Crippen LogP contribution in [0.5, 0.6) is 0 Å². The van der Waals surface area contributed by atoms with Gasteiger partial charge in [-0.25, -0.2) is 0 Å². The van der Waals surface area contributed by atoms with Crippen molar-refractivity contribution in [2.45, 2.75) is 25.4 Å². The molecule has 3 rings (SSSR count). The second-order valence-electron chi connectivity index (χ2n) is 4.64. The Morgan fingerprint density at radius 2 is 2.35 bits per heavy atom. The molecule has 0 spiro atoms. The summed E-state index contributed by atoms with van der Waals surface area (Å²) in [5, 5.41) is 19.3. The Hall–Kier alpha value is -1.55. The van der Waals surface area contributed by atoms with Gasteiger partial charge in [0.15, 0.2) is 5.82 Å². The molecule has 0 saturated carbocycles. The molecule has 0 radical (unpaired) electrons. The van der Waals surface area contributed by atoms with Gasteiger partial charge in [0.05, 0.1) is 11.5 Å². The van der Waals surface area contributed by atoms with Gasteiger partial charge in [-0.3, -0.25) is 5.10 Å². The summed E-state index contributed by atoms with van der Waals surface area (Å²) >= 11 is 0. The summed E-state index contributed by atoms with van der Waals surface area (Å²) in [5.74, 6) is 0.972. The Morgan fingerprint density at radius 3 is 3.18 bits per heavy atom. The van der Waals surface area contributed by atoms with Crippen molar-refractivity contribution in [1.82, 2.24) is 10.2 Å². The number of aliphatic hydroxyl groups is 1. The molecule has 1 fully saturated rings. The number of aromatic amines is 1. The average Bonchev–Trinajstić information content (AvgIpc) is 2.85. The first-order valence-corrected chi connectivity index (χ1v) is 6.19. The molecule has 1 unspecified atom stereocenters. The van der Waals surface area contributed by atoms with Crippen LogP contribution >= 0.6 is 0 Å². The fourth-order valence-corrected chi connectivity index (χ4v) is 2.43. The fraction of sp³-hybridized carbons (Fsp3) is 0.462. The van der Waals surface area contributed by atoms with Gasteiger partial charge in [0, 0.05) is 18.3 Å². The molecule has 4 heteroatoms. The third-order valence-corrected chi connectivity index (χ3v) is 3.36. The number of fused-ring (bicyclic) bond motifs is 1. The molecule has 1 aromatic heterocycles. The van der Waals surface area contributed by atoms with Gasteiger partial charge in [0.25, 0.3) is 0 Å². The maximum absolute atomic E-state index is 9.59. The van der Waals surface area contributed by atoms with Crippen molar-refractivity contribution in [3.05, 3.63) is 22.7 Å². The lowest BCUT2D eigenvalue weighted by atomic mass is 10.2. The number of hydrogen-bond donors (Lipinski definition) is 2. The first-order valence-electron chi connectivity index (χ1n) is 6.19. The van der Waals surface area contributed by atoms with E-state index in [9.17, 15) is 5.11 Å². The zero-order chi connectivity index (χ0) is 11.7. The number of nitrogens with zero attached hydrogens (tertiary/aromatic N) is 2. The SMILES string of the molecule is OC1CCN(c2n[nH]c3/c2=C\C=C/CC\C=3)C1. The van der Waals surface area contributed by atoms with Gasteiger partial charge in [-0.15, -0.1) is 0 Å². The molecule has 2 N–H and O–H groups in total. The van der Waals surface area contributed by atoms with Crippen LogP contribution in [0.4, 0.5) is 5.82 Å². The molecule has 4 nitrogen and oxygen atoms in total. The number of allylic oxidation sites excluding steroid dienone is 2. The molecule has 17 heavy (non-hydrogen) atoms. The van der Waals surface area contributed by atoms with Crippen molar-refractivity contribution in [2.24, 2.45) is 0 Å². The van der Waals surface area contributed by atoms with E-state index in [1.165, 1.54) is 0 Å². The molecule has 0 amide bonds. The lowest BCUT2D eigenvalue weighted by Gasteiger charge is -2.13. The van der Waals surface area contributed by atoms with Gasteiger partial charge in [-0.2, -0.15) is 5.10 Å². The Morgan fingerprint density at radius 1 is 1.41 bits per heavy atom. The van der Waals surface area contributed by atoms with Gasteiger partial charge in [-0.05, 0) is 25.3 Å². The van der Waals surface area contributed by atoms with Crippen molar-refractivity contribution in [3.8, 4) is 0 Å². The van der Waals surface area contributed by atoms with Gasteiger partial charge in [0.2, 0.25) is 0 Å². The maximum Gasteiger partial charge on any atom is 0.158 e. The highest BCUT2D eigenvalue weighted by molar-refractivity contribution is 5.52. The Bertz CT molecular complexity index is 544. The monoisotopic (exact) mass is 231 g/mol. The normalized spacial score (nSPS) is 29.5. The van der Waals surface area contributed by atoms with Crippen LogP contribution in [-0.4, -0.2) is 34.5 Å². The highest BCUT2D eigenvalue weighted by atomic mass is 16.3. The van der Waals surface area contributed by atoms with Gasteiger partial charge >= 0.3 is 0 Å². The van der Waals surface area contributed by atoms with Crippen LogP contribution in [0, 0.1) is 0 Å². The van der Waals surface area contributed by atoms with E-state index in [1.54, 1.807) is 0 Å². The standard InChI is InChI=1S/C13H17N3O/c17-10-7-8-16(9-10)13-11-5-3-1-2-4-6-12(11)14-15-13/h1,3,5-6,10,14,17H,2,4,7-9H2/b3-1-,11-5+,12-6+. The highest BCUT2D eigenvalue weighted by Crippen LogP contribution is 2.13. The van der Waals surface area contributed by atoms with E-state index in [-0.39, 0.29) is 6.10 Å². The first-order chi connectivity index (χ1) is 8.34. The summed E-state index contributed by atoms with van der Waals surface area (Å²) in [5.41, 5.74) is 0. The highest BCUT2D eigenvalue weighted by Gasteiger charge is 2.22. The van der Waals surface area contributed by atoms with Crippen molar-refractivity contribution in [1.29, 1.82) is 0 Å². The number of β-amino-alcohol motifs (C(OH)–C–C–N with tert-alkyl or cyclic N) is 1. The number of aliphatic hydroxyl groups excluding tert-OH is 1. The topological polar surface area (TPSA) is 52.1 Å². The first kappa shape index (κ1) is 10.6. The Balaban J connectivity index is 2.05. The van der Waals surface area contributed by atoms with Crippen LogP contribution in [-0.2, 0) is 0 Å². The number of hydrogen-bond acceptors (Lipinski definition) is 3. The van der Waals surface area contributed by atoms with E-state index in [2.05, 4.69) is 39.4 Å². The van der Waals surface area contributed by atoms with Crippen LogP contribution in [0.25, 0.3) is 12.2 Å². The second-order valence-corrected chi connectivity index (χ2v) is 4.64. The Kier molecular flexibility index (Phi) is 2.73. The molecule has 1 aliphatic heterocycles. The van der Waals surface area contributed by atoms with Crippen LogP contribution in [0.3, 0.4) is 0 Å². The van der Waals surface area contributed by atoms with Crippen LogP contribution in [0.15, 0.2) is 12.2 Å². The van der Waals surface area contributed by atoms with Crippen molar-refractivity contribution in [3.63, 3.8) is 0 Å². The molecule has 2 aliphatic rings. The largest absolute Gasteiger partial charge is 0.391 e. The van der Waals surface area contributed by atoms with Crippen LogP contribution < -0.4 is 15.5 Å². The molecule has 1 aliphatic carbocycles. The van der Waals surface area contributed by atoms with Crippen molar-refractivity contribution in [2.75, 3.05) is 18.0 Å². The summed E-state index contributed by atoms with van der Waals surface area (Å²) in [6.07, 6.45) is 11.3. The summed E-state index contributed by atoms with van der Waals surface area (Å²) in [6, 6.07) is 0. The predicted octanol–water partition coefficient (Wildman–Crippen LogP) is -0.108. The third-order valence-electron chi connectivity index (χ3n) is 3.36. The van der Waals surface area contributed by atoms with E-state index in [0.717, 1.165) is 42.2 Å². The minimum Gasteiger partial charge on any atom is -0.391 e. The molecular formula is C13H17N3O. The minimum atomic E-state index is -0.213. The third kappa shape index (κ3) is 2.00. The fourth-order valence-electron chi connectivity index (χ4n) is 2.43. The zero-order valence-electron chi connectivity index (χ0n) is 9.76. The number of rotatable bonds is 1. The molecule has 0 aromatic carbocycles. The van der Waals surface area contributed by atoms with E-state index in [0.29, 0.717) is 6.54 Å². The van der Waals surface area contributed by atoms with E-state index in [1.807, 2.05) is 0 Å². The summed E-state index contributed by atoms with van der Waals surface area (Å²) in [7, 11) is 0. The summed E-state index contributed by atoms with van der Waals surface area (Å²) in [6.45, 7) is 1.57. The lowest BCUT2D eigenvalue weighted by molar-refractivity contribution is 0.198. The lowest BCUT2D eigenvalue weighted by Crippen LogP contribution is -2.31. The number of H-pyrrole nitrogens is 1. The molecular weight excluding hydrogens is 214 g/mol. The quantitative estimate of drug-likeness (QED) is 0.709. The average molecular weight is 231 g/mol. The Labute approximate surface area is 100.0 Å². The second kappa shape index (κ2) is 4.37. The summed E-state index contributed by atoms with van der Waals surface area (Å²) in [4.78, 5) is 2.15. The number of anilines is 1. The molecule has 1 aromatic rings. The van der Waals surface area contributed by atoms with E-state index in [4.69, 9.17) is 0 Å². The van der Waals surface area contributed by atoms with Gasteiger partial charge in [0.1, 0.15) is 0 Å². The number of nitrogens with one attached hydrogen (secondary N) is 1. The van der Waals surface area contributed by atoms with Crippen molar-refractivity contribution >= 4 is 18.0 Å². The van der Waals surface area contributed by atoms with Gasteiger partial charge < -0.3 is 10.0 Å². The van der Waals surface area contributed by atoms with E-state index >= 15 is 0 Å². The summed E-state index contributed by atoms with van der Waals surface area (Å²) < 4.78 is 0. The smallest absolute Gasteiger partial charge is 0.158 e. The van der Waals surface area contributed by atoms with Gasteiger partial charge in [-0.1, -0.05) is 18.2 Å². The van der Waals surface area contributed by atoms with Crippen molar-refractivity contribution < 1.29 is 5.11 Å². The zero-order valence-corrected chi connectivity index (χ0v) is 9.76. The van der Waals surface area contributed by atoms with E-state index < -0.39 is 0 Å². The minimum absolute atomic E-state index is 0.213.